The largest absolute Gasteiger partial charge is 0.394 e. The summed E-state index contributed by atoms with van der Waals surface area (Å²) in [6, 6.07) is -0.715. The molecule has 0 aromatic carbocycles. The van der Waals surface area contributed by atoms with Crippen molar-refractivity contribution in [2.75, 3.05) is 13.2 Å². The van der Waals surface area contributed by atoms with Crippen LogP contribution in [0.1, 0.15) is 316 Å². The molecule has 74 heavy (non-hydrogen) atoms. The molecular formula is C65H123NO8. The molecule has 6 N–H and O–H groups in total. The monoisotopic (exact) mass is 1050 g/mol. The first kappa shape index (κ1) is 70.4. The number of rotatable bonds is 56. The zero-order chi connectivity index (χ0) is 53.6. The van der Waals surface area contributed by atoms with Crippen LogP contribution in [0.4, 0.5) is 0 Å². The molecule has 0 aromatic rings. The predicted octanol–water partition coefficient (Wildman–Crippen LogP) is 16.7. The lowest BCUT2D eigenvalue weighted by Crippen LogP contribution is -2.60. The molecule has 0 spiro atoms. The van der Waals surface area contributed by atoms with Crippen molar-refractivity contribution < 1.29 is 39.8 Å². The molecule has 1 heterocycles. The van der Waals surface area contributed by atoms with Gasteiger partial charge in [0.25, 0.3) is 0 Å². The normalized spacial score (nSPS) is 19.1. The van der Waals surface area contributed by atoms with E-state index in [2.05, 4.69) is 55.6 Å². The summed E-state index contributed by atoms with van der Waals surface area (Å²) in [5.74, 6) is -0.139. The van der Waals surface area contributed by atoms with Crippen LogP contribution in [0, 0.1) is 0 Å². The number of unbranched alkanes of at least 4 members (excludes halogenated alkanes) is 40. The fourth-order valence-corrected chi connectivity index (χ4v) is 10.4. The SMILES string of the molecule is CCCCCCC/C=C\C/C=C\C/C=C\CCCCCCCCCCCCCCCCCCCCCCCCCCC(=O)NC(COC1OC(CO)C(O)C(O)C1O)C(O)CCCCCCCCCCCCCC. The Balaban J connectivity index is 2.01. The molecule has 0 aliphatic carbocycles. The van der Waals surface area contributed by atoms with Gasteiger partial charge in [0.15, 0.2) is 6.29 Å². The second-order valence-corrected chi connectivity index (χ2v) is 22.6. The maximum absolute atomic E-state index is 13.1. The van der Waals surface area contributed by atoms with E-state index in [1.807, 2.05) is 0 Å². The summed E-state index contributed by atoms with van der Waals surface area (Å²) < 4.78 is 11.3. The van der Waals surface area contributed by atoms with Gasteiger partial charge in [0, 0.05) is 6.42 Å². The van der Waals surface area contributed by atoms with Crippen molar-refractivity contribution in [2.24, 2.45) is 0 Å². The lowest BCUT2D eigenvalue weighted by atomic mass is 9.99. The molecule has 9 nitrogen and oxygen atoms in total. The molecule has 0 radical (unpaired) electrons. The molecule has 1 rings (SSSR count). The quantitative estimate of drug-likeness (QED) is 0.0261. The van der Waals surface area contributed by atoms with Gasteiger partial charge >= 0.3 is 0 Å². The number of hydrogen-bond donors (Lipinski definition) is 6. The van der Waals surface area contributed by atoms with Crippen LogP contribution < -0.4 is 5.32 Å². The zero-order valence-electron chi connectivity index (χ0n) is 48.6. The molecule has 7 unspecified atom stereocenters. The van der Waals surface area contributed by atoms with Crippen LogP contribution in [0.2, 0.25) is 0 Å². The Morgan fingerprint density at radius 2 is 0.797 bits per heavy atom. The van der Waals surface area contributed by atoms with Gasteiger partial charge in [-0.25, -0.2) is 0 Å². The van der Waals surface area contributed by atoms with Crippen molar-refractivity contribution >= 4 is 5.91 Å². The lowest BCUT2D eigenvalue weighted by molar-refractivity contribution is -0.302. The minimum atomic E-state index is -1.55. The fraction of sp³-hybridized carbons (Fsp3) is 0.892. The van der Waals surface area contributed by atoms with Gasteiger partial charge in [0.05, 0.1) is 25.4 Å². The molecule has 436 valence electrons. The number of allylic oxidation sites excluding steroid dienone is 6. The number of aliphatic hydroxyl groups is 5. The number of hydrogen-bond acceptors (Lipinski definition) is 8. The number of aliphatic hydroxyl groups excluding tert-OH is 5. The van der Waals surface area contributed by atoms with Crippen LogP contribution in [0.5, 0.6) is 0 Å². The highest BCUT2D eigenvalue weighted by atomic mass is 16.7. The molecule has 1 aliphatic rings. The second kappa shape index (κ2) is 54.8. The van der Waals surface area contributed by atoms with Crippen LogP contribution >= 0.6 is 0 Å². The maximum Gasteiger partial charge on any atom is 0.220 e. The van der Waals surface area contributed by atoms with E-state index < -0.39 is 49.5 Å². The van der Waals surface area contributed by atoms with Crippen molar-refractivity contribution in [3.8, 4) is 0 Å². The molecule has 9 heteroatoms. The molecule has 7 atom stereocenters. The van der Waals surface area contributed by atoms with Crippen molar-refractivity contribution in [3.63, 3.8) is 0 Å². The van der Waals surface area contributed by atoms with E-state index in [4.69, 9.17) is 9.47 Å². The Morgan fingerprint density at radius 1 is 0.459 bits per heavy atom. The van der Waals surface area contributed by atoms with Gasteiger partial charge in [0.1, 0.15) is 24.4 Å². The highest BCUT2D eigenvalue weighted by Gasteiger charge is 2.44. The van der Waals surface area contributed by atoms with E-state index >= 15 is 0 Å². The third-order valence-electron chi connectivity index (χ3n) is 15.5. The van der Waals surface area contributed by atoms with Crippen molar-refractivity contribution in [1.29, 1.82) is 0 Å². The van der Waals surface area contributed by atoms with Crippen LogP contribution in [0.3, 0.4) is 0 Å². The average molecular weight is 1050 g/mol. The minimum Gasteiger partial charge on any atom is -0.394 e. The Labute approximate surface area is 457 Å². The Morgan fingerprint density at radius 3 is 1.18 bits per heavy atom. The van der Waals surface area contributed by atoms with E-state index in [1.54, 1.807) is 0 Å². The topological polar surface area (TPSA) is 149 Å². The van der Waals surface area contributed by atoms with E-state index in [1.165, 1.54) is 238 Å². The predicted molar refractivity (Wildman–Crippen MR) is 313 cm³/mol. The molecule has 1 fully saturated rings. The summed E-state index contributed by atoms with van der Waals surface area (Å²) in [7, 11) is 0. The molecule has 0 saturated carbocycles. The highest BCUT2D eigenvalue weighted by Crippen LogP contribution is 2.23. The molecular weight excluding hydrogens is 923 g/mol. The molecule has 0 aromatic heterocycles. The molecule has 0 bridgehead atoms. The van der Waals surface area contributed by atoms with Crippen molar-refractivity contribution in [2.45, 2.75) is 358 Å². The van der Waals surface area contributed by atoms with E-state index in [0.717, 1.165) is 51.4 Å². The number of carbonyl (C=O) groups excluding carboxylic acids is 1. The first-order chi connectivity index (χ1) is 36.3. The van der Waals surface area contributed by atoms with Crippen LogP contribution in [0.25, 0.3) is 0 Å². The maximum atomic E-state index is 13.1. The first-order valence-electron chi connectivity index (χ1n) is 32.2. The second-order valence-electron chi connectivity index (χ2n) is 22.6. The van der Waals surface area contributed by atoms with Crippen LogP contribution in [-0.4, -0.2) is 87.5 Å². The summed E-state index contributed by atoms with van der Waals surface area (Å²) in [4.78, 5) is 13.1. The van der Waals surface area contributed by atoms with Gasteiger partial charge in [-0.05, 0) is 51.4 Å². The number of nitrogens with one attached hydrogen (secondary N) is 1. The standard InChI is InChI=1S/C65H123NO8/c1-3-5-7-9-11-13-15-17-18-19-20-21-22-23-24-25-26-27-28-29-30-31-32-33-34-35-36-37-38-39-40-41-42-43-45-47-49-51-53-55-61(69)66-58(57-73-65-64(72)63(71)62(70)60(56-67)74-65)59(68)54-52-50-48-46-44-16-14-12-10-8-6-4-2/h15,17,19-20,22-23,58-60,62-65,67-68,70-72H,3-14,16,18,21,24-57H2,1-2H3,(H,66,69)/b17-15-,20-19-,23-22-. The van der Waals surface area contributed by atoms with Gasteiger partial charge in [0.2, 0.25) is 5.91 Å². The van der Waals surface area contributed by atoms with Crippen molar-refractivity contribution in [3.05, 3.63) is 36.5 Å². The van der Waals surface area contributed by atoms with E-state index in [-0.39, 0.29) is 12.5 Å². The van der Waals surface area contributed by atoms with Crippen LogP contribution in [-0.2, 0) is 14.3 Å². The smallest absolute Gasteiger partial charge is 0.220 e. The van der Waals surface area contributed by atoms with Gasteiger partial charge in [-0.3, -0.25) is 4.79 Å². The average Bonchev–Trinajstić information content (AvgIpc) is 3.40. The molecule has 1 aliphatic heterocycles. The first-order valence-corrected chi connectivity index (χ1v) is 32.2. The number of carbonyl (C=O) groups is 1. The van der Waals surface area contributed by atoms with Gasteiger partial charge in [-0.2, -0.15) is 0 Å². The third-order valence-corrected chi connectivity index (χ3v) is 15.5. The zero-order valence-corrected chi connectivity index (χ0v) is 48.6. The number of amides is 1. The highest BCUT2D eigenvalue weighted by molar-refractivity contribution is 5.76. The van der Waals surface area contributed by atoms with Gasteiger partial charge in [-0.15, -0.1) is 0 Å². The Kier molecular flexibility index (Phi) is 52.1. The summed E-state index contributed by atoms with van der Waals surface area (Å²) in [5, 5.41) is 54.6. The van der Waals surface area contributed by atoms with E-state index in [0.29, 0.717) is 12.8 Å². The Hall–Kier alpha value is -1.59. The summed E-state index contributed by atoms with van der Waals surface area (Å²) in [5.41, 5.74) is 0. The summed E-state index contributed by atoms with van der Waals surface area (Å²) in [6.07, 6.45) is 65.0. The van der Waals surface area contributed by atoms with Crippen molar-refractivity contribution in [1.82, 2.24) is 5.32 Å². The van der Waals surface area contributed by atoms with Gasteiger partial charge in [-0.1, -0.05) is 294 Å². The molecule has 1 amide bonds. The fourth-order valence-electron chi connectivity index (χ4n) is 10.4. The Bertz CT molecular complexity index is 1260. The van der Waals surface area contributed by atoms with E-state index in [9.17, 15) is 30.3 Å². The summed E-state index contributed by atoms with van der Waals surface area (Å²) >= 11 is 0. The lowest BCUT2D eigenvalue weighted by Gasteiger charge is -2.40. The third kappa shape index (κ3) is 43.4. The minimum absolute atomic E-state index is 0.134. The van der Waals surface area contributed by atoms with Gasteiger partial charge < -0.3 is 40.3 Å². The molecule has 1 saturated heterocycles. The van der Waals surface area contributed by atoms with Crippen LogP contribution in [0.15, 0.2) is 36.5 Å². The number of ether oxygens (including phenoxy) is 2. The summed E-state index contributed by atoms with van der Waals surface area (Å²) in [6.45, 7) is 3.84.